The summed E-state index contributed by atoms with van der Waals surface area (Å²) in [6, 6.07) is 9.57. The van der Waals surface area contributed by atoms with E-state index in [-0.39, 0.29) is 0 Å². The standard InChI is InChI=1S/C14H13BrO2S/c15-13-4-2-1-3-11(13)12(14(16)17)6-5-10-7-8-18-9-10/h1-4,7-9,12H,5-6H2,(H,16,17). The van der Waals surface area contributed by atoms with Gasteiger partial charge in [0.1, 0.15) is 0 Å². The van der Waals surface area contributed by atoms with E-state index in [1.807, 2.05) is 35.7 Å². The summed E-state index contributed by atoms with van der Waals surface area (Å²) in [6.07, 6.45) is 1.41. The maximum atomic E-state index is 11.4. The van der Waals surface area contributed by atoms with Gasteiger partial charge in [0.2, 0.25) is 0 Å². The smallest absolute Gasteiger partial charge is 0.311 e. The van der Waals surface area contributed by atoms with Crippen molar-refractivity contribution in [3.8, 4) is 0 Å². The molecule has 2 nitrogen and oxygen atoms in total. The van der Waals surface area contributed by atoms with Crippen molar-refractivity contribution in [2.45, 2.75) is 18.8 Å². The molecule has 1 atom stereocenters. The molecule has 4 heteroatoms. The van der Waals surface area contributed by atoms with Crippen LogP contribution in [0, 0.1) is 0 Å². The van der Waals surface area contributed by atoms with Crippen LogP contribution in [-0.2, 0) is 11.2 Å². The first-order valence-electron chi connectivity index (χ1n) is 5.67. The molecule has 94 valence electrons. The van der Waals surface area contributed by atoms with Crippen LogP contribution in [0.5, 0.6) is 0 Å². The molecule has 0 amide bonds. The zero-order valence-electron chi connectivity index (χ0n) is 9.67. The third-order valence-corrected chi connectivity index (χ3v) is 4.33. The molecule has 0 aliphatic rings. The summed E-state index contributed by atoms with van der Waals surface area (Å²) in [7, 11) is 0. The highest BCUT2D eigenvalue weighted by atomic mass is 79.9. The third kappa shape index (κ3) is 3.21. The average Bonchev–Trinajstić information content (AvgIpc) is 2.84. The van der Waals surface area contributed by atoms with Crippen LogP contribution < -0.4 is 0 Å². The molecule has 1 aromatic carbocycles. The molecule has 0 fully saturated rings. The Balaban J connectivity index is 2.14. The van der Waals surface area contributed by atoms with Gasteiger partial charge in [0.25, 0.3) is 0 Å². The van der Waals surface area contributed by atoms with Crippen LogP contribution in [0.25, 0.3) is 0 Å². The van der Waals surface area contributed by atoms with Gasteiger partial charge in [-0.05, 0) is 46.9 Å². The molecule has 18 heavy (non-hydrogen) atoms. The number of benzene rings is 1. The molecule has 1 aromatic heterocycles. The Labute approximate surface area is 118 Å². The number of aliphatic carboxylic acids is 1. The van der Waals surface area contributed by atoms with E-state index in [0.29, 0.717) is 6.42 Å². The lowest BCUT2D eigenvalue weighted by Crippen LogP contribution is -2.13. The molecular formula is C14H13BrO2S. The van der Waals surface area contributed by atoms with Crippen LogP contribution in [0.4, 0.5) is 0 Å². The van der Waals surface area contributed by atoms with Crippen molar-refractivity contribution in [3.63, 3.8) is 0 Å². The minimum Gasteiger partial charge on any atom is -0.481 e. The van der Waals surface area contributed by atoms with E-state index in [9.17, 15) is 9.90 Å². The molecule has 2 rings (SSSR count). The summed E-state index contributed by atoms with van der Waals surface area (Å²) in [4.78, 5) is 11.4. The van der Waals surface area contributed by atoms with Crippen molar-refractivity contribution in [1.82, 2.24) is 0 Å². The minimum absolute atomic E-state index is 0.458. The fourth-order valence-electron chi connectivity index (χ4n) is 1.92. The van der Waals surface area contributed by atoms with E-state index in [2.05, 4.69) is 21.3 Å². The highest BCUT2D eigenvalue weighted by Crippen LogP contribution is 2.29. The number of hydrogen-bond acceptors (Lipinski definition) is 2. The number of carboxylic acids is 1. The molecular weight excluding hydrogens is 312 g/mol. The first-order valence-corrected chi connectivity index (χ1v) is 7.40. The zero-order chi connectivity index (χ0) is 13.0. The van der Waals surface area contributed by atoms with Gasteiger partial charge in [0.05, 0.1) is 5.92 Å². The Bertz CT molecular complexity index is 522. The van der Waals surface area contributed by atoms with Gasteiger partial charge in [-0.1, -0.05) is 34.1 Å². The number of halogens is 1. The zero-order valence-corrected chi connectivity index (χ0v) is 12.1. The molecule has 0 aliphatic carbocycles. The van der Waals surface area contributed by atoms with Crippen LogP contribution in [0.2, 0.25) is 0 Å². The highest BCUT2D eigenvalue weighted by molar-refractivity contribution is 9.10. The van der Waals surface area contributed by atoms with E-state index in [0.717, 1.165) is 16.5 Å². The van der Waals surface area contributed by atoms with Gasteiger partial charge in [-0.3, -0.25) is 4.79 Å². The van der Waals surface area contributed by atoms with E-state index in [4.69, 9.17) is 0 Å². The number of aryl methyl sites for hydroxylation is 1. The lowest BCUT2D eigenvalue weighted by atomic mass is 9.93. The van der Waals surface area contributed by atoms with Crippen molar-refractivity contribution >= 4 is 33.2 Å². The second-order valence-corrected chi connectivity index (χ2v) is 5.72. The van der Waals surface area contributed by atoms with Gasteiger partial charge < -0.3 is 5.11 Å². The van der Waals surface area contributed by atoms with E-state index < -0.39 is 11.9 Å². The lowest BCUT2D eigenvalue weighted by molar-refractivity contribution is -0.139. The number of hydrogen-bond donors (Lipinski definition) is 1. The monoisotopic (exact) mass is 324 g/mol. The van der Waals surface area contributed by atoms with E-state index >= 15 is 0 Å². The molecule has 2 aromatic rings. The van der Waals surface area contributed by atoms with Crippen molar-refractivity contribution in [1.29, 1.82) is 0 Å². The van der Waals surface area contributed by atoms with Gasteiger partial charge in [0, 0.05) is 4.47 Å². The summed E-state index contributed by atoms with van der Waals surface area (Å²) in [5, 5.41) is 13.4. The van der Waals surface area contributed by atoms with Gasteiger partial charge >= 0.3 is 5.97 Å². The topological polar surface area (TPSA) is 37.3 Å². The molecule has 0 spiro atoms. The SMILES string of the molecule is O=C(O)C(CCc1ccsc1)c1ccccc1Br. The van der Waals surface area contributed by atoms with Crippen molar-refractivity contribution in [3.05, 3.63) is 56.7 Å². The maximum Gasteiger partial charge on any atom is 0.311 e. The lowest BCUT2D eigenvalue weighted by Gasteiger charge is -2.14. The summed E-state index contributed by atoms with van der Waals surface area (Å²) in [6.45, 7) is 0. The number of carboxylic acid groups (broad SMARTS) is 1. The Morgan fingerprint density at radius 1 is 1.33 bits per heavy atom. The third-order valence-electron chi connectivity index (χ3n) is 2.88. The molecule has 0 saturated heterocycles. The molecule has 0 aliphatic heterocycles. The fourth-order valence-corrected chi connectivity index (χ4v) is 3.18. The Morgan fingerprint density at radius 2 is 2.11 bits per heavy atom. The van der Waals surface area contributed by atoms with Gasteiger partial charge in [-0.25, -0.2) is 0 Å². The van der Waals surface area contributed by atoms with Gasteiger partial charge in [-0.15, -0.1) is 0 Å². The fraction of sp³-hybridized carbons (Fsp3) is 0.214. The molecule has 0 bridgehead atoms. The average molecular weight is 325 g/mol. The molecule has 1 unspecified atom stereocenters. The van der Waals surface area contributed by atoms with Crippen LogP contribution in [0.3, 0.4) is 0 Å². The first kappa shape index (κ1) is 13.3. The van der Waals surface area contributed by atoms with Gasteiger partial charge in [-0.2, -0.15) is 11.3 Å². The summed E-state index contributed by atoms with van der Waals surface area (Å²) >= 11 is 5.06. The maximum absolute atomic E-state index is 11.4. The number of rotatable bonds is 5. The van der Waals surface area contributed by atoms with E-state index in [1.54, 1.807) is 11.3 Å². The number of thiophene rings is 1. The Hall–Kier alpha value is -1.13. The predicted molar refractivity (Wildman–Crippen MR) is 77.2 cm³/mol. The summed E-state index contributed by atoms with van der Waals surface area (Å²) in [5.41, 5.74) is 2.05. The van der Waals surface area contributed by atoms with Gasteiger partial charge in [0.15, 0.2) is 0 Å². The normalized spacial score (nSPS) is 12.3. The van der Waals surface area contributed by atoms with E-state index in [1.165, 1.54) is 5.56 Å². The minimum atomic E-state index is -0.767. The molecule has 1 heterocycles. The second kappa shape index (κ2) is 6.16. The second-order valence-electron chi connectivity index (χ2n) is 4.08. The molecule has 0 saturated carbocycles. The van der Waals surface area contributed by atoms with Crippen LogP contribution in [0.15, 0.2) is 45.6 Å². The predicted octanol–water partition coefficient (Wildman–Crippen LogP) is 4.31. The number of carbonyl (C=O) groups is 1. The van der Waals surface area contributed by atoms with Crippen molar-refractivity contribution in [2.75, 3.05) is 0 Å². The summed E-state index contributed by atoms with van der Waals surface area (Å²) in [5.74, 6) is -1.22. The van der Waals surface area contributed by atoms with Crippen LogP contribution >= 0.6 is 27.3 Å². The Kier molecular flexibility index (Phi) is 4.55. The highest BCUT2D eigenvalue weighted by Gasteiger charge is 2.21. The Morgan fingerprint density at radius 3 is 2.72 bits per heavy atom. The largest absolute Gasteiger partial charge is 0.481 e. The van der Waals surface area contributed by atoms with Crippen LogP contribution in [-0.4, -0.2) is 11.1 Å². The quantitative estimate of drug-likeness (QED) is 0.889. The molecule has 0 radical (unpaired) electrons. The van der Waals surface area contributed by atoms with Crippen LogP contribution in [0.1, 0.15) is 23.5 Å². The molecule has 1 N–H and O–H groups in total. The van der Waals surface area contributed by atoms with Crippen molar-refractivity contribution < 1.29 is 9.90 Å². The first-order chi connectivity index (χ1) is 8.68. The summed E-state index contributed by atoms with van der Waals surface area (Å²) < 4.78 is 0.864. The van der Waals surface area contributed by atoms with Crippen molar-refractivity contribution in [2.24, 2.45) is 0 Å².